The van der Waals surface area contributed by atoms with E-state index in [1.165, 1.54) is 12.8 Å². The number of rotatable bonds is 6. The zero-order valence-corrected chi connectivity index (χ0v) is 10.7. The van der Waals surface area contributed by atoms with Crippen LogP contribution in [0.4, 0.5) is 0 Å². The number of aliphatic hydroxyl groups excluding tert-OH is 1. The van der Waals surface area contributed by atoms with Crippen molar-refractivity contribution < 1.29 is 14.6 Å². The summed E-state index contributed by atoms with van der Waals surface area (Å²) in [5, 5.41) is 9.83. The Bertz CT molecular complexity index is 171. The van der Waals surface area contributed by atoms with E-state index in [0.717, 1.165) is 25.9 Å². The molecule has 96 valence electrons. The third-order valence-electron chi connectivity index (χ3n) is 2.93. The Morgan fingerprint density at radius 1 is 1.12 bits per heavy atom. The molecule has 3 heteroatoms. The normalized spacial score (nSPS) is 27.0. The molecule has 0 radical (unpaired) electrons. The van der Waals surface area contributed by atoms with E-state index >= 15 is 0 Å². The van der Waals surface area contributed by atoms with Crippen LogP contribution in [0.25, 0.3) is 0 Å². The van der Waals surface area contributed by atoms with Gasteiger partial charge in [-0.1, -0.05) is 33.1 Å². The molecule has 16 heavy (non-hydrogen) atoms. The van der Waals surface area contributed by atoms with Gasteiger partial charge in [0.2, 0.25) is 0 Å². The van der Waals surface area contributed by atoms with E-state index in [-0.39, 0.29) is 12.2 Å². The summed E-state index contributed by atoms with van der Waals surface area (Å²) < 4.78 is 11.1. The van der Waals surface area contributed by atoms with Crippen LogP contribution in [0.2, 0.25) is 0 Å². The van der Waals surface area contributed by atoms with Gasteiger partial charge in [-0.3, -0.25) is 0 Å². The highest BCUT2D eigenvalue weighted by atomic mass is 16.5. The molecule has 1 aliphatic rings. The van der Waals surface area contributed by atoms with Gasteiger partial charge in [0.25, 0.3) is 0 Å². The Labute approximate surface area is 99.1 Å². The molecule has 0 amide bonds. The molecule has 0 heterocycles. The van der Waals surface area contributed by atoms with E-state index in [4.69, 9.17) is 9.47 Å². The summed E-state index contributed by atoms with van der Waals surface area (Å²) in [6.45, 7) is 6.30. The average Bonchev–Trinajstić information content (AvgIpc) is 2.43. The summed E-state index contributed by atoms with van der Waals surface area (Å²) in [6.07, 6.45) is 5.17. The molecule has 0 aromatic rings. The number of hydrogen-bond donors (Lipinski definition) is 1. The first-order valence-corrected chi connectivity index (χ1v) is 6.57. The van der Waals surface area contributed by atoms with E-state index in [2.05, 4.69) is 13.8 Å². The van der Waals surface area contributed by atoms with Gasteiger partial charge in [-0.25, -0.2) is 0 Å². The average molecular weight is 230 g/mol. The SMILES string of the molecule is CC(C)COCCOC1CCCCCC1O. The number of ether oxygens (including phenoxy) is 2. The monoisotopic (exact) mass is 230 g/mol. The predicted octanol–water partition coefficient (Wildman–Crippen LogP) is 2.37. The van der Waals surface area contributed by atoms with Crippen molar-refractivity contribution in [2.24, 2.45) is 5.92 Å². The fraction of sp³-hybridized carbons (Fsp3) is 1.00. The molecular weight excluding hydrogens is 204 g/mol. The Morgan fingerprint density at radius 2 is 1.88 bits per heavy atom. The van der Waals surface area contributed by atoms with Gasteiger partial charge in [-0.05, 0) is 18.8 Å². The molecule has 0 aromatic heterocycles. The lowest BCUT2D eigenvalue weighted by atomic mass is 10.1. The van der Waals surface area contributed by atoms with Gasteiger partial charge < -0.3 is 14.6 Å². The fourth-order valence-electron chi connectivity index (χ4n) is 2.03. The Morgan fingerprint density at radius 3 is 2.62 bits per heavy atom. The highest BCUT2D eigenvalue weighted by Crippen LogP contribution is 2.20. The maximum absolute atomic E-state index is 9.83. The first kappa shape index (κ1) is 13.9. The van der Waals surface area contributed by atoms with Gasteiger partial charge in [0, 0.05) is 6.61 Å². The highest BCUT2D eigenvalue weighted by Gasteiger charge is 2.21. The molecule has 0 spiro atoms. The minimum atomic E-state index is -0.271. The van der Waals surface area contributed by atoms with Crippen LogP contribution in [0, 0.1) is 5.92 Å². The number of hydrogen-bond acceptors (Lipinski definition) is 3. The van der Waals surface area contributed by atoms with Gasteiger partial charge in [0.15, 0.2) is 0 Å². The zero-order chi connectivity index (χ0) is 11.8. The standard InChI is InChI=1S/C13H26O3/c1-11(2)10-15-8-9-16-13-7-5-3-4-6-12(13)14/h11-14H,3-10H2,1-2H3. The van der Waals surface area contributed by atoms with E-state index in [1.807, 2.05) is 0 Å². The molecule has 1 saturated carbocycles. The van der Waals surface area contributed by atoms with E-state index in [9.17, 15) is 5.11 Å². The fourth-order valence-corrected chi connectivity index (χ4v) is 2.03. The van der Waals surface area contributed by atoms with Crippen molar-refractivity contribution in [1.29, 1.82) is 0 Å². The quantitative estimate of drug-likeness (QED) is 0.562. The maximum atomic E-state index is 9.83. The summed E-state index contributed by atoms with van der Waals surface area (Å²) in [5.74, 6) is 0.573. The van der Waals surface area contributed by atoms with Gasteiger partial charge in [0.1, 0.15) is 0 Å². The Kier molecular flexibility index (Phi) is 7.01. The smallest absolute Gasteiger partial charge is 0.0835 e. The molecule has 0 bridgehead atoms. The van der Waals surface area contributed by atoms with E-state index in [0.29, 0.717) is 19.1 Å². The van der Waals surface area contributed by atoms with Crippen LogP contribution < -0.4 is 0 Å². The molecular formula is C13H26O3. The van der Waals surface area contributed by atoms with E-state index in [1.54, 1.807) is 0 Å². The zero-order valence-electron chi connectivity index (χ0n) is 10.7. The Hall–Kier alpha value is -0.120. The van der Waals surface area contributed by atoms with Crippen molar-refractivity contribution in [2.45, 2.75) is 58.2 Å². The van der Waals surface area contributed by atoms with Crippen LogP contribution in [-0.2, 0) is 9.47 Å². The molecule has 1 rings (SSSR count). The molecule has 1 fully saturated rings. The van der Waals surface area contributed by atoms with Crippen LogP contribution >= 0.6 is 0 Å². The molecule has 3 nitrogen and oxygen atoms in total. The van der Waals surface area contributed by atoms with Crippen molar-refractivity contribution in [1.82, 2.24) is 0 Å². The highest BCUT2D eigenvalue weighted by molar-refractivity contribution is 4.73. The summed E-state index contributed by atoms with van der Waals surface area (Å²) in [7, 11) is 0. The first-order valence-electron chi connectivity index (χ1n) is 6.57. The molecule has 0 saturated heterocycles. The molecule has 1 aliphatic carbocycles. The van der Waals surface area contributed by atoms with Crippen molar-refractivity contribution in [3.8, 4) is 0 Å². The summed E-state index contributed by atoms with van der Waals surface area (Å²) >= 11 is 0. The third-order valence-corrected chi connectivity index (χ3v) is 2.93. The van der Waals surface area contributed by atoms with Crippen molar-refractivity contribution in [3.05, 3.63) is 0 Å². The van der Waals surface area contributed by atoms with Crippen LogP contribution in [0.3, 0.4) is 0 Å². The molecule has 0 aliphatic heterocycles. The second kappa shape index (κ2) is 8.04. The lowest BCUT2D eigenvalue weighted by Crippen LogP contribution is -2.29. The van der Waals surface area contributed by atoms with Crippen molar-refractivity contribution in [3.63, 3.8) is 0 Å². The summed E-state index contributed by atoms with van der Waals surface area (Å²) in [5.41, 5.74) is 0. The topological polar surface area (TPSA) is 38.7 Å². The lowest BCUT2D eigenvalue weighted by Gasteiger charge is -2.20. The Balaban J connectivity index is 2.06. The third kappa shape index (κ3) is 5.83. The first-order chi connectivity index (χ1) is 7.70. The molecule has 2 atom stereocenters. The van der Waals surface area contributed by atoms with Gasteiger partial charge in [0.05, 0.1) is 25.4 Å². The lowest BCUT2D eigenvalue weighted by molar-refractivity contribution is -0.0600. The molecule has 0 aromatic carbocycles. The summed E-state index contributed by atoms with van der Waals surface area (Å²) in [4.78, 5) is 0. The van der Waals surface area contributed by atoms with Crippen molar-refractivity contribution >= 4 is 0 Å². The van der Waals surface area contributed by atoms with Crippen molar-refractivity contribution in [2.75, 3.05) is 19.8 Å². The molecule has 2 unspecified atom stereocenters. The van der Waals surface area contributed by atoms with Crippen LogP contribution in [0.15, 0.2) is 0 Å². The van der Waals surface area contributed by atoms with Crippen LogP contribution in [0.5, 0.6) is 0 Å². The maximum Gasteiger partial charge on any atom is 0.0835 e. The number of aliphatic hydroxyl groups is 1. The summed E-state index contributed by atoms with van der Waals surface area (Å²) in [6, 6.07) is 0. The second-order valence-corrected chi connectivity index (χ2v) is 5.08. The second-order valence-electron chi connectivity index (χ2n) is 5.08. The van der Waals surface area contributed by atoms with Crippen LogP contribution in [-0.4, -0.2) is 37.1 Å². The molecule has 1 N–H and O–H groups in total. The van der Waals surface area contributed by atoms with Gasteiger partial charge in [-0.2, -0.15) is 0 Å². The van der Waals surface area contributed by atoms with Gasteiger partial charge in [-0.15, -0.1) is 0 Å². The largest absolute Gasteiger partial charge is 0.390 e. The van der Waals surface area contributed by atoms with Crippen LogP contribution in [0.1, 0.15) is 46.0 Å². The minimum absolute atomic E-state index is 0.0325. The predicted molar refractivity (Wildman–Crippen MR) is 64.5 cm³/mol. The van der Waals surface area contributed by atoms with E-state index < -0.39 is 0 Å². The van der Waals surface area contributed by atoms with Gasteiger partial charge >= 0.3 is 0 Å². The minimum Gasteiger partial charge on any atom is -0.390 e.